The van der Waals surface area contributed by atoms with Crippen LogP contribution in [0.25, 0.3) is 0 Å². The standard InChI is InChI=1S/C15H20FNO2/c1-19-14-7-3-4-10(15(14)16)8-13(18)12-6-2-5-11(12)9-17/h3-4,7,11-12H,2,5-6,8-9,17H2,1H3. The quantitative estimate of drug-likeness (QED) is 0.889. The summed E-state index contributed by atoms with van der Waals surface area (Å²) in [6, 6.07) is 4.91. The van der Waals surface area contributed by atoms with Crippen LogP contribution in [0.3, 0.4) is 0 Å². The molecule has 0 radical (unpaired) electrons. The van der Waals surface area contributed by atoms with E-state index in [-0.39, 0.29) is 29.8 Å². The van der Waals surface area contributed by atoms with E-state index in [2.05, 4.69) is 0 Å². The average molecular weight is 265 g/mol. The van der Waals surface area contributed by atoms with Gasteiger partial charge in [-0.25, -0.2) is 4.39 Å². The normalized spacial score (nSPS) is 22.5. The highest BCUT2D eigenvalue weighted by atomic mass is 19.1. The molecule has 2 N–H and O–H groups in total. The fourth-order valence-electron chi connectivity index (χ4n) is 2.91. The summed E-state index contributed by atoms with van der Waals surface area (Å²) in [7, 11) is 1.42. The molecular weight excluding hydrogens is 245 g/mol. The van der Waals surface area contributed by atoms with Gasteiger partial charge in [-0.05, 0) is 36.9 Å². The monoisotopic (exact) mass is 265 g/mol. The molecule has 2 rings (SSSR count). The molecule has 4 heteroatoms. The number of ketones is 1. The van der Waals surface area contributed by atoms with Gasteiger partial charge in [-0.1, -0.05) is 18.6 Å². The number of carbonyl (C=O) groups is 1. The molecule has 1 aromatic rings. The van der Waals surface area contributed by atoms with Crippen molar-refractivity contribution in [2.24, 2.45) is 17.6 Å². The van der Waals surface area contributed by atoms with Crippen LogP contribution in [0, 0.1) is 17.7 Å². The maximum Gasteiger partial charge on any atom is 0.168 e. The van der Waals surface area contributed by atoms with E-state index in [0.29, 0.717) is 12.1 Å². The Labute approximate surface area is 112 Å². The zero-order valence-electron chi connectivity index (χ0n) is 11.2. The number of methoxy groups -OCH3 is 1. The third kappa shape index (κ3) is 2.95. The molecule has 0 amide bonds. The number of rotatable bonds is 5. The number of ether oxygens (including phenoxy) is 1. The van der Waals surface area contributed by atoms with Crippen molar-refractivity contribution >= 4 is 5.78 Å². The molecule has 2 atom stereocenters. The molecule has 0 heterocycles. The van der Waals surface area contributed by atoms with Gasteiger partial charge in [0.15, 0.2) is 11.6 Å². The SMILES string of the molecule is COc1cccc(CC(=O)C2CCCC2CN)c1F. The Morgan fingerprint density at radius 1 is 1.47 bits per heavy atom. The van der Waals surface area contributed by atoms with Crippen molar-refractivity contribution in [3.63, 3.8) is 0 Å². The number of Topliss-reactive ketones (excluding diaryl/α,β-unsaturated/α-hetero) is 1. The van der Waals surface area contributed by atoms with Gasteiger partial charge in [0.2, 0.25) is 0 Å². The summed E-state index contributed by atoms with van der Waals surface area (Å²) in [4.78, 5) is 12.3. The van der Waals surface area contributed by atoms with Gasteiger partial charge in [-0.15, -0.1) is 0 Å². The van der Waals surface area contributed by atoms with Crippen LogP contribution < -0.4 is 10.5 Å². The molecule has 0 bridgehead atoms. The van der Waals surface area contributed by atoms with Gasteiger partial charge >= 0.3 is 0 Å². The minimum atomic E-state index is -0.430. The van der Waals surface area contributed by atoms with Crippen molar-refractivity contribution in [3.8, 4) is 5.75 Å². The van der Waals surface area contributed by atoms with Crippen LogP contribution in [0.4, 0.5) is 4.39 Å². The Hall–Kier alpha value is -1.42. The molecule has 1 fully saturated rings. The second kappa shape index (κ2) is 6.15. The number of hydrogen-bond acceptors (Lipinski definition) is 3. The highest BCUT2D eigenvalue weighted by molar-refractivity contribution is 5.84. The van der Waals surface area contributed by atoms with Crippen LogP contribution in [0.5, 0.6) is 5.75 Å². The van der Waals surface area contributed by atoms with Crippen molar-refractivity contribution in [1.82, 2.24) is 0 Å². The summed E-state index contributed by atoms with van der Waals surface area (Å²) in [6.07, 6.45) is 3.06. The lowest BCUT2D eigenvalue weighted by molar-refractivity contribution is -0.123. The highest BCUT2D eigenvalue weighted by Gasteiger charge is 2.32. The van der Waals surface area contributed by atoms with E-state index in [1.165, 1.54) is 7.11 Å². The third-order valence-corrected chi connectivity index (χ3v) is 4.00. The number of benzene rings is 1. The summed E-state index contributed by atoms with van der Waals surface area (Å²) in [5.74, 6) is 0.115. The molecule has 104 valence electrons. The number of nitrogens with two attached hydrogens (primary N) is 1. The molecule has 0 aliphatic heterocycles. The fourth-order valence-corrected chi connectivity index (χ4v) is 2.91. The van der Waals surface area contributed by atoms with E-state index in [0.717, 1.165) is 19.3 Å². The van der Waals surface area contributed by atoms with Crippen molar-refractivity contribution in [2.75, 3.05) is 13.7 Å². The first-order chi connectivity index (χ1) is 9.17. The Morgan fingerprint density at radius 2 is 2.26 bits per heavy atom. The molecule has 1 aliphatic carbocycles. The Morgan fingerprint density at radius 3 is 2.95 bits per heavy atom. The average Bonchev–Trinajstić information content (AvgIpc) is 2.89. The maximum atomic E-state index is 14.0. The number of halogens is 1. The van der Waals surface area contributed by atoms with Crippen LogP contribution in [0.2, 0.25) is 0 Å². The van der Waals surface area contributed by atoms with E-state index in [1.807, 2.05) is 0 Å². The van der Waals surface area contributed by atoms with Crippen LogP contribution in [-0.2, 0) is 11.2 Å². The molecule has 2 unspecified atom stereocenters. The van der Waals surface area contributed by atoms with Crippen LogP contribution in [-0.4, -0.2) is 19.4 Å². The zero-order valence-corrected chi connectivity index (χ0v) is 11.2. The topological polar surface area (TPSA) is 52.3 Å². The minimum Gasteiger partial charge on any atom is -0.494 e. The Balaban J connectivity index is 2.11. The molecule has 1 aliphatic rings. The largest absolute Gasteiger partial charge is 0.494 e. The smallest absolute Gasteiger partial charge is 0.168 e. The zero-order chi connectivity index (χ0) is 13.8. The van der Waals surface area contributed by atoms with Crippen molar-refractivity contribution in [3.05, 3.63) is 29.6 Å². The molecule has 1 aromatic carbocycles. The molecule has 1 saturated carbocycles. The van der Waals surface area contributed by atoms with Gasteiger partial charge in [0.05, 0.1) is 7.11 Å². The lowest BCUT2D eigenvalue weighted by Crippen LogP contribution is -2.26. The summed E-state index contributed by atoms with van der Waals surface area (Å²) >= 11 is 0. The van der Waals surface area contributed by atoms with Gasteiger partial charge in [0.1, 0.15) is 5.78 Å². The second-order valence-corrected chi connectivity index (χ2v) is 5.11. The summed E-state index contributed by atoms with van der Waals surface area (Å²) in [6.45, 7) is 0.539. The third-order valence-electron chi connectivity index (χ3n) is 4.00. The first-order valence-electron chi connectivity index (χ1n) is 6.71. The maximum absolute atomic E-state index is 14.0. The van der Waals surface area contributed by atoms with E-state index in [9.17, 15) is 9.18 Å². The molecule has 0 saturated heterocycles. The van der Waals surface area contributed by atoms with Gasteiger partial charge in [-0.2, -0.15) is 0 Å². The first-order valence-corrected chi connectivity index (χ1v) is 6.71. The Kier molecular flexibility index (Phi) is 4.53. The van der Waals surface area contributed by atoms with Crippen LogP contribution >= 0.6 is 0 Å². The van der Waals surface area contributed by atoms with Gasteiger partial charge in [-0.3, -0.25) is 4.79 Å². The van der Waals surface area contributed by atoms with E-state index >= 15 is 0 Å². The molecule has 3 nitrogen and oxygen atoms in total. The van der Waals surface area contributed by atoms with Gasteiger partial charge in [0.25, 0.3) is 0 Å². The lowest BCUT2D eigenvalue weighted by atomic mass is 9.89. The predicted molar refractivity (Wildman–Crippen MR) is 71.5 cm³/mol. The van der Waals surface area contributed by atoms with E-state index in [1.54, 1.807) is 18.2 Å². The summed E-state index contributed by atoms with van der Waals surface area (Å²) in [5.41, 5.74) is 6.09. The van der Waals surface area contributed by atoms with E-state index < -0.39 is 5.82 Å². The van der Waals surface area contributed by atoms with Crippen molar-refractivity contribution in [1.29, 1.82) is 0 Å². The molecule has 0 aromatic heterocycles. The van der Waals surface area contributed by atoms with Crippen LogP contribution in [0.1, 0.15) is 24.8 Å². The molecule has 19 heavy (non-hydrogen) atoms. The summed E-state index contributed by atoms with van der Waals surface area (Å²) < 4.78 is 18.9. The summed E-state index contributed by atoms with van der Waals surface area (Å²) in [5, 5.41) is 0. The predicted octanol–water partition coefficient (Wildman–Crippen LogP) is 2.32. The lowest BCUT2D eigenvalue weighted by Gasteiger charge is -2.17. The molecular formula is C15H20FNO2. The fraction of sp³-hybridized carbons (Fsp3) is 0.533. The second-order valence-electron chi connectivity index (χ2n) is 5.11. The van der Waals surface area contributed by atoms with Gasteiger partial charge in [0, 0.05) is 12.3 Å². The number of carbonyl (C=O) groups excluding carboxylic acids is 1. The van der Waals surface area contributed by atoms with E-state index in [4.69, 9.17) is 10.5 Å². The minimum absolute atomic E-state index is 0.00407. The van der Waals surface area contributed by atoms with Crippen molar-refractivity contribution < 1.29 is 13.9 Å². The van der Waals surface area contributed by atoms with Gasteiger partial charge < -0.3 is 10.5 Å². The Bertz CT molecular complexity index is 461. The first kappa shape index (κ1) is 14.0. The van der Waals surface area contributed by atoms with Crippen LogP contribution in [0.15, 0.2) is 18.2 Å². The number of hydrogen-bond donors (Lipinski definition) is 1. The highest BCUT2D eigenvalue weighted by Crippen LogP contribution is 2.33. The molecule has 0 spiro atoms. The van der Waals surface area contributed by atoms with Crippen molar-refractivity contribution in [2.45, 2.75) is 25.7 Å².